The average Bonchev–Trinajstić information content (AvgIpc) is 3.05. The van der Waals surface area contributed by atoms with Crippen LogP contribution >= 0.6 is 11.3 Å². The third-order valence-electron chi connectivity index (χ3n) is 4.19. The number of nitrogens with one attached hydrogen (secondary N) is 1. The molecule has 1 atom stereocenters. The molecule has 0 spiro atoms. The Balaban J connectivity index is 1.69. The molecular weight excluding hydrogens is 348 g/mol. The Morgan fingerprint density at radius 3 is 2.80 bits per heavy atom. The van der Waals surface area contributed by atoms with Crippen molar-refractivity contribution in [2.24, 2.45) is 0 Å². The molecule has 1 aromatic heterocycles. The van der Waals surface area contributed by atoms with Crippen molar-refractivity contribution in [1.82, 2.24) is 9.88 Å². The van der Waals surface area contributed by atoms with E-state index < -0.39 is 17.5 Å². The van der Waals surface area contributed by atoms with Gasteiger partial charge in [0.1, 0.15) is 5.69 Å². The molecule has 0 radical (unpaired) electrons. The van der Waals surface area contributed by atoms with E-state index in [-0.39, 0.29) is 28.3 Å². The van der Waals surface area contributed by atoms with Crippen molar-refractivity contribution in [2.75, 3.05) is 11.9 Å². The van der Waals surface area contributed by atoms with Gasteiger partial charge in [-0.1, -0.05) is 0 Å². The Labute approximate surface area is 147 Å². The lowest BCUT2D eigenvalue weighted by Crippen LogP contribution is -2.42. The Morgan fingerprint density at radius 1 is 1.28 bits per heavy atom. The van der Waals surface area contributed by atoms with Gasteiger partial charge < -0.3 is 4.90 Å². The van der Waals surface area contributed by atoms with Crippen molar-refractivity contribution in [1.29, 1.82) is 0 Å². The highest BCUT2D eigenvalue weighted by molar-refractivity contribution is 7.14. The third kappa shape index (κ3) is 3.84. The van der Waals surface area contributed by atoms with Crippen LogP contribution in [0.25, 0.3) is 0 Å². The van der Waals surface area contributed by atoms with Gasteiger partial charge in [-0.2, -0.15) is 0 Å². The molecule has 1 N–H and O–H groups in total. The number of aromatic nitrogens is 1. The fourth-order valence-electron chi connectivity index (χ4n) is 2.78. The lowest BCUT2D eigenvalue weighted by atomic mass is 10.0. The molecule has 1 unspecified atom stereocenters. The number of rotatable bonds is 3. The van der Waals surface area contributed by atoms with Gasteiger partial charge in [0.15, 0.2) is 16.8 Å². The zero-order valence-corrected chi connectivity index (χ0v) is 14.4. The second-order valence-electron chi connectivity index (χ2n) is 5.96. The minimum atomic E-state index is -1.10. The van der Waals surface area contributed by atoms with Crippen molar-refractivity contribution >= 4 is 28.3 Å². The number of hydrogen-bond donors (Lipinski definition) is 1. The molecule has 2 heterocycles. The quantitative estimate of drug-likeness (QED) is 0.902. The molecule has 5 nitrogen and oxygen atoms in total. The van der Waals surface area contributed by atoms with E-state index in [4.69, 9.17) is 0 Å². The molecule has 8 heteroatoms. The van der Waals surface area contributed by atoms with Crippen LogP contribution in [-0.2, 0) is 0 Å². The lowest BCUT2D eigenvalue weighted by Gasteiger charge is -2.32. The molecule has 2 amide bonds. The number of anilines is 1. The Bertz CT molecular complexity index is 809. The maximum Gasteiger partial charge on any atom is 0.273 e. The standard InChI is InChI=1S/C17H17F2N3O2S/c1-10-4-2-3-7-22(10)16(24)14-9-25-17(20-14)21-15(23)11-5-6-12(18)13(19)8-11/h5-6,8-10H,2-4,7H2,1H3,(H,20,21,23). The van der Waals surface area contributed by atoms with E-state index >= 15 is 0 Å². The Kier molecular flexibility index (Phi) is 5.08. The zero-order chi connectivity index (χ0) is 18.0. The van der Waals surface area contributed by atoms with Crippen LogP contribution in [0.3, 0.4) is 0 Å². The first-order valence-corrected chi connectivity index (χ1v) is 8.86. The normalized spacial score (nSPS) is 17.4. The second kappa shape index (κ2) is 7.26. The number of likely N-dealkylation sites (tertiary alicyclic amines) is 1. The summed E-state index contributed by atoms with van der Waals surface area (Å²) in [6.45, 7) is 2.71. The molecule has 2 aromatic rings. The monoisotopic (exact) mass is 365 g/mol. The van der Waals surface area contributed by atoms with Crippen LogP contribution in [0.15, 0.2) is 23.6 Å². The maximum absolute atomic E-state index is 13.2. The molecule has 1 aliphatic heterocycles. The maximum atomic E-state index is 13.2. The minimum Gasteiger partial charge on any atom is -0.335 e. The molecule has 1 saturated heterocycles. The topological polar surface area (TPSA) is 62.3 Å². The molecule has 1 fully saturated rings. The van der Waals surface area contributed by atoms with Gasteiger partial charge in [-0.05, 0) is 44.4 Å². The molecule has 0 saturated carbocycles. The molecular formula is C17H17F2N3O2S. The SMILES string of the molecule is CC1CCCCN1C(=O)c1csc(NC(=O)c2ccc(F)c(F)c2)n1. The van der Waals surface area contributed by atoms with Crippen molar-refractivity contribution in [3.63, 3.8) is 0 Å². The van der Waals surface area contributed by atoms with Crippen LogP contribution < -0.4 is 5.32 Å². The zero-order valence-electron chi connectivity index (χ0n) is 13.6. The minimum absolute atomic E-state index is 0.0216. The van der Waals surface area contributed by atoms with Gasteiger partial charge in [0, 0.05) is 23.5 Å². The van der Waals surface area contributed by atoms with Gasteiger partial charge in [-0.25, -0.2) is 13.8 Å². The fraction of sp³-hybridized carbons (Fsp3) is 0.353. The van der Waals surface area contributed by atoms with Crippen molar-refractivity contribution in [3.05, 3.63) is 46.5 Å². The van der Waals surface area contributed by atoms with Crippen molar-refractivity contribution in [3.8, 4) is 0 Å². The van der Waals surface area contributed by atoms with Gasteiger partial charge in [-0.3, -0.25) is 14.9 Å². The summed E-state index contributed by atoms with van der Waals surface area (Å²) in [5, 5.41) is 4.33. The van der Waals surface area contributed by atoms with Crippen molar-refractivity contribution < 1.29 is 18.4 Å². The van der Waals surface area contributed by atoms with E-state index in [2.05, 4.69) is 10.3 Å². The number of halogens is 2. The predicted molar refractivity (Wildman–Crippen MR) is 90.8 cm³/mol. The van der Waals surface area contributed by atoms with Crippen LogP contribution in [-0.4, -0.2) is 34.3 Å². The van der Waals surface area contributed by atoms with E-state index in [9.17, 15) is 18.4 Å². The molecule has 0 aliphatic carbocycles. The largest absolute Gasteiger partial charge is 0.335 e. The highest BCUT2D eigenvalue weighted by Gasteiger charge is 2.26. The van der Waals surface area contributed by atoms with Gasteiger partial charge in [0.25, 0.3) is 11.8 Å². The Hall–Kier alpha value is -2.35. The number of nitrogens with zero attached hydrogens (tertiary/aromatic N) is 2. The van der Waals surface area contributed by atoms with E-state index in [0.717, 1.165) is 42.7 Å². The number of hydrogen-bond acceptors (Lipinski definition) is 4. The summed E-state index contributed by atoms with van der Waals surface area (Å²) in [4.78, 5) is 30.6. The smallest absolute Gasteiger partial charge is 0.273 e. The number of benzene rings is 1. The molecule has 1 aliphatic rings. The van der Waals surface area contributed by atoms with Crippen LogP contribution in [0.4, 0.5) is 13.9 Å². The summed E-state index contributed by atoms with van der Waals surface area (Å²) in [5.41, 5.74) is 0.256. The van der Waals surface area contributed by atoms with Gasteiger partial charge in [-0.15, -0.1) is 11.3 Å². The number of thiazole rings is 1. The molecule has 132 valence electrons. The predicted octanol–water partition coefficient (Wildman–Crippen LogP) is 3.69. The van der Waals surface area contributed by atoms with Crippen LogP contribution in [0.5, 0.6) is 0 Å². The van der Waals surface area contributed by atoms with Crippen LogP contribution in [0.2, 0.25) is 0 Å². The van der Waals surface area contributed by atoms with E-state index in [0.29, 0.717) is 6.54 Å². The summed E-state index contributed by atoms with van der Waals surface area (Å²) >= 11 is 1.12. The summed E-state index contributed by atoms with van der Waals surface area (Å²) < 4.78 is 26.1. The number of carbonyl (C=O) groups is 2. The first-order chi connectivity index (χ1) is 12.0. The number of amides is 2. The first kappa shape index (κ1) is 17.5. The van der Waals surface area contributed by atoms with E-state index in [1.807, 2.05) is 6.92 Å². The molecule has 0 bridgehead atoms. The van der Waals surface area contributed by atoms with Gasteiger partial charge in [0.05, 0.1) is 0 Å². The third-order valence-corrected chi connectivity index (χ3v) is 4.95. The van der Waals surface area contributed by atoms with E-state index in [1.165, 1.54) is 6.07 Å². The average molecular weight is 365 g/mol. The molecule has 25 heavy (non-hydrogen) atoms. The van der Waals surface area contributed by atoms with Crippen LogP contribution in [0.1, 0.15) is 47.0 Å². The molecule has 3 rings (SSSR count). The number of carbonyl (C=O) groups excluding carboxylic acids is 2. The van der Waals surface area contributed by atoms with Crippen molar-refractivity contribution in [2.45, 2.75) is 32.2 Å². The summed E-state index contributed by atoms with van der Waals surface area (Å²) in [7, 11) is 0. The fourth-order valence-corrected chi connectivity index (χ4v) is 3.46. The lowest BCUT2D eigenvalue weighted by molar-refractivity contribution is 0.0630. The van der Waals surface area contributed by atoms with Crippen LogP contribution in [0, 0.1) is 11.6 Å². The summed E-state index contributed by atoms with van der Waals surface area (Å²) in [5.74, 6) is -2.88. The molecule has 1 aromatic carbocycles. The highest BCUT2D eigenvalue weighted by atomic mass is 32.1. The summed E-state index contributed by atoms with van der Waals surface area (Å²) in [6.07, 6.45) is 3.05. The van der Waals surface area contributed by atoms with Gasteiger partial charge >= 0.3 is 0 Å². The second-order valence-corrected chi connectivity index (χ2v) is 6.82. The van der Waals surface area contributed by atoms with E-state index in [1.54, 1.807) is 10.3 Å². The highest BCUT2D eigenvalue weighted by Crippen LogP contribution is 2.22. The number of piperidine rings is 1. The Morgan fingerprint density at radius 2 is 2.08 bits per heavy atom. The first-order valence-electron chi connectivity index (χ1n) is 7.98. The van der Waals surface area contributed by atoms with Gasteiger partial charge in [0.2, 0.25) is 0 Å². The summed E-state index contributed by atoms with van der Waals surface area (Å²) in [6, 6.07) is 3.06.